The van der Waals surface area contributed by atoms with Gasteiger partial charge >= 0.3 is 6.18 Å². The Balaban J connectivity index is 1.75. The van der Waals surface area contributed by atoms with Crippen LogP contribution in [0.1, 0.15) is 45.6 Å². The molecule has 0 radical (unpaired) electrons. The number of hydrogen-bond acceptors (Lipinski definition) is 1. The van der Waals surface area contributed by atoms with Crippen LogP contribution in [0.15, 0.2) is 24.3 Å². The number of alkyl halides is 3. The van der Waals surface area contributed by atoms with Crippen LogP contribution >= 0.6 is 12.2 Å². The van der Waals surface area contributed by atoms with Gasteiger partial charge < -0.3 is 10.2 Å². The SMILES string of the molecule is CC1(C)CC2CC(C)(CN2C(=S)Nc2cccc(C(F)(F)F)c2)C1. The molecule has 0 spiro atoms. The molecular formula is C18H23F3N2S. The Morgan fingerprint density at radius 1 is 1.25 bits per heavy atom. The number of fused-ring (bicyclic) bond motifs is 2. The average molecular weight is 356 g/mol. The van der Waals surface area contributed by atoms with E-state index < -0.39 is 11.7 Å². The number of anilines is 1. The number of nitrogens with one attached hydrogen (secondary N) is 1. The second-order valence-corrected chi connectivity index (χ2v) is 8.74. The molecule has 6 heteroatoms. The molecule has 0 amide bonds. The van der Waals surface area contributed by atoms with Gasteiger partial charge in [0, 0.05) is 18.3 Å². The van der Waals surface area contributed by atoms with Crippen LogP contribution in [0.2, 0.25) is 0 Å². The molecule has 1 aliphatic heterocycles. The fraction of sp³-hybridized carbons (Fsp3) is 0.611. The lowest BCUT2D eigenvalue weighted by Gasteiger charge is -2.39. The molecular weight excluding hydrogens is 333 g/mol. The van der Waals surface area contributed by atoms with Gasteiger partial charge in [0.15, 0.2) is 5.11 Å². The van der Waals surface area contributed by atoms with E-state index in [1.807, 2.05) is 0 Å². The molecule has 1 aromatic carbocycles. The number of rotatable bonds is 1. The normalized spacial score (nSPS) is 28.8. The molecule has 132 valence electrons. The second kappa shape index (κ2) is 5.61. The highest BCUT2D eigenvalue weighted by Gasteiger charge is 2.50. The first-order chi connectivity index (χ1) is 11.0. The van der Waals surface area contributed by atoms with Crippen molar-refractivity contribution in [2.24, 2.45) is 10.8 Å². The Morgan fingerprint density at radius 3 is 2.62 bits per heavy atom. The van der Waals surface area contributed by atoms with Crippen LogP contribution in [0.3, 0.4) is 0 Å². The average Bonchev–Trinajstić information content (AvgIpc) is 2.67. The van der Waals surface area contributed by atoms with E-state index in [0.29, 0.717) is 16.8 Å². The van der Waals surface area contributed by atoms with Gasteiger partial charge in [-0.05, 0) is 60.5 Å². The maximum Gasteiger partial charge on any atom is 0.416 e. The first-order valence-electron chi connectivity index (χ1n) is 8.22. The lowest BCUT2D eigenvalue weighted by Crippen LogP contribution is -2.40. The maximum atomic E-state index is 12.8. The third kappa shape index (κ3) is 3.53. The van der Waals surface area contributed by atoms with Crippen LogP contribution in [0.4, 0.5) is 18.9 Å². The van der Waals surface area contributed by atoms with Gasteiger partial charge in [0.2, 0.25) is 0 Å². The van der Waals surface area contributed by atoms with Gasteiger partial charge in [-0.15, -0.1) is 0 Å². The minimum Gasteiger partial charge on any atom is -0.345 e. The van der Waals surface area contributed by atoms with E-state index in [2.05, 4.69) is 31.0 Å². The van der Waals surface area contributed by atoms with Crippen molar-refractivity contribution in [1.29, 1.82) is 0 Å². The summed E-state index contributed by atoms with van der Waals surface area (Å²) in [7, 11) is 0. The summed E-state index contributed by atoms with van der Waals surface area (Å²) in [5.41, 5.74) is 0.230. The molecule has 1 saturated heterocycles. The number of thiocarbonyl (C=S) groups is 1. The number of nitrogens with zero attached hydrogens (tertiary/aromatic N) is 1. The highest BCUT2D eigenvalue weighted by atomic mass is 32.1. The largest absolute Gasteiger partial charge is 0.416 e. The van der Waals surface area contributed by atoms with E-state index >= 15 is 0 Å². The molecule has 2 nitrogen and oxygen atoms in total. The molecule has 2 bridgehead atoms. The molecule has 1 aliphatic carbocycles. The highest BCUT2D eigenvalue weighted by Crippen LogP contribution is 2.52. The first kappa shape index (κ1) is 17.5. The van der Waals surface area contributed by atoms with Crippen LogP contribution < -0.4 is 5.32 Å². The molecule has 1 aromatic rings. The minimum atomic E-state index is -4.35. The summed E-state index contributed by atoms with van der Waals surface area (Å²) < 4.78 is 38.5. The summed E-state index contributed by atoms with van der Waals surface area (Å²) in [6.45, 7) is 7.72. The third-order valence-corrected chi connectivity index (χ3v) is 5.45. The topological polar surface area (TPSA) is 15.3 Å². The predicted molar refractivity (Wildman–Crippen MR) is 93.9 cm³/mol. The van der Waals surface area contributed by atoms with E-state index in [-0.39, 0.29) is 10.8 Å². The van der Waals surface area contributed by atoms with E-state index in [4.69, 9.17) is 12.2 Å². The van der Waals surface area contributed by atoms with Crippen LogP contribution in [-0.4, -0.2) is 22.6 Å². The van der Waals surface area contributed by atoms with Crippen LogP contribution in [-0.2, 0) is 6.18 Å². The summed E-state index contributed by atoms with van der Waals surface area (Å²) in [5.74, 6) is 0. The summed E-state index contributed by atoms with van der Waals surface area (Å²) in [6.07, 6.45) is -1.03. The number of hydrogen-bond donors (Lipinski definition) is 1. The monoisotopic (exact) mass is 356 g/mol. The predicted octanol–water partition coefficient (Wildman–Crippen LogP) is 5.30. The zero-order valence-electron chi connectivity index (χ0n) is 14.2. The number of likely N-dealkylation sites (tertiary alicyclic amines) is 1. The van der Waals surface area contributed by atoms with Gasteiger partial charge in [0.25, 0.3) is 0 Å². The molecule has 0 aromatic heterocycles. The molecule has 24 heavy (non-hydrogen) atoms. The Kier molecular flexibility index (Phi) is 4.10. The van der Waals surface area contributed by atoms with Gasteiger partial charge in [-0.2, -0.15) is 13.2 Å². The fourth-order valence-electron chi connectivity index (χ4n) is 4.67. The fourth-order valence-corrected chi connectivity index (χ4v) is 5.00. The molecule has 2 unspecified atom stereocenters. The van der Waals surface area contributed by atoms with Crippen molar-refractivity contribution < 1.29 is 13.2 Å². The minimum absolute atomic E-state index is 0.228. The quantitative estimate of drug-likeness (QED) is 0.687. The molecule has 1 heterocycles. The summed E-state index contributed by atoms with van der Waals surface area (Å²) >= 11 is 5.51. The van der Waals surface area contributed by atoms with E-state index in [1.54, 1.807) is 6.07 Å². The summed E-state index contributed by atoms with van der Waals surface area (Å²) in [4.78, 5) is 2.17. The van der Waals surface area contributed by atoms with Gasteiger partial charge in [-0.25, -0.2) is 0 Å². The van der Waals surface area contributed by atoms with Crippen molar-refractivity contribution >= 4 is 23.0 Å². The van der Waals surface area contributed by atoms with Gasteiger partial charge in [-0.1, -0.05) is 26.8 Å². The van der Waals surface area contributed by atoms with Crippen LogP contribution in [0.5, 0.6) is 0 Å². The van der Waals surface area contributed by atoms with Crippen molar-refractivity contribution in [3.05, 3.63) is 29.8 Å². The van der Waals surface area contributed by atoms with Gasteiger partial charge in [0.05, 0.1) is 5.56 Å². The highest BCUT2D eigenvalue weighted by molar-refractivity contribution is 7.80. The standard InChI is InChI=1S/C18H23F3N2S/c1-16(2)8-14-9-17(3,10-16)11-23(14)15(24)22-13-6-4-5-12(7-13)18(19,20)21/h4-7,14H,8-11H2,1-3H3,(H,22,24). The van der Waals surface area contributed by atoms with Crippen molar-refractivity contribution in [3.63, 3.8) is 0 Å². The van der Waals surface area contributed by atoms with Gasteiger partial charge in [0.1, 0.15) is 0 Å². The molecule has 2 fully saturated rings. The smallest absolute Gasteiger partial charge is 0.345 e. The Labute approximate surface area is 146 Å². The Morgan fingerprint density at radius 2 is 1.96 bits per heavy atom. The molecule has 3 rings (SSSR count). The van der Waals surface area contributed by atoms with Crippen molar-refractivity contribution in [2.45, 2.75) is 52.3 Å². The number of halogens is 3. The van der Waals surface area contributed by atoms with E-state index in [1.165, 1.54) is 6.07 Å². The van der Waals surface area contributed by atoms with Crippen LogP contribution in [0.25, 0.3) is 0 Å². The molecule has 1 N–H and O–H groups in total. The molecule has 1 saturated carbocycles. The maximum absolute atomic E-state index is 12.8. The lowest BCUT2D eigenvalue weighted by molar-refractivity contribution is -0.137. The van der Waals surface area contributed by atoms with E-state index in [9.17, 15) is 13.2 Å². The third-order valence-electron chi connectivity index (χ3n) is 5.12. The Bertz CT molecular complexity index is 656. The van der Waals surface area contributed by atoms with Crippen LogP contribution in [0, 0.1) is 10.8 Å². The van der Waals surface area contributed by atoms with Crippen molar-refractivity contribution in [3.8, 4) is 0 Å². The summed E-state index contributed by atoms with van der Waals surface area (Å²) in [5, 5.41) is 3.54. The zero-order valence-corrected chi connectivity index (χ0v) is 15.0. The number of benzene rings is 1. The lowest BCUT2D eigenvalue weighted by atomic mass is 9.65. The van der Waals surface area contributed by atoms with Gasteiger partial charge in [-0.3, -0.25) is 0 Å². The molecule has 2 atom stereocenters. The molecule has 2 aliphatic rings. The zero-order chi connectivity index (χ0) is 17.8. The Hall–Kier alpha value is -1.30. The second-order valence-electron chi connectivity index (χ2n) is 8.35. The first-order valence-corrected chi connectivity index (χ1v) is 8.63. The summed E-state index contributed by atoms with van der Waals surface area (Å²) in [6, 6.07) is 5.57. The van der Waals surface area contributed by atoms with E-state index in [0.717, 1.165) is 37.9 Å². The van der Waals surface area contributed by atoms with Crippen molar-refractivity contribution in [2.75, 3.05) is 11.9 Å². The van der Waals surface area contributed by atoms with Crippen molar-refractivity contribution in [1.82, 2.24) is 4.90 Å².